The Hall–Kier alpha value is -1.36. The molecule has 0 bridgehead atoms. The summed E-state index contributed by atoms with van der Waals surface area (Å²) in [7, 11) is -1.85. The quantitative estimate of drug-likeness (QED) is 0.583. The van der Waals surface area contributed by atoms with E-state index >= 15 is 0 Å². The van der Waals surface area contributed by atoms with E-state index in [1.165, 1.54) is 0 Å². The normalized spacial score (nSPS) is 14.7. The third-order valence-electron chi connectivity index (χ3n) is 3.17. The summed E-state index contributed by atoms with van der Waals surface area (Å²) in [5.41, 5.74) is 1.06. The van der Waals surface area contributed by atoms with E-state index in [4.69, 9.17) is 20.4 Å². The van der Waals surface area contributed by atoms with Crippen LogP contribution in [0.1, 0.15) is 28.6 Å². The Kier molecular flexibility index (Phi) is 4.42. The summed E-state index contributed by atoms with van der Waals surface area (Å²) in [6, 6.07) is 9.29. The molecule has 1 unspecified atom stereocenters. The number of aldehydes is 1. The van der Waals surface area contributed by atoms with Gasteiger partial charge in [0.05, 0.1) is 6.26 Å². The van der Waals surface area contributed by atoms with Gasteiger partial charge in [-0.1, -0.05) is 23.7 Å². The van der Waals surface area contributed by atoms with Crippen molar-refractivity contribution in [1.82, 2.24) is 0 Å². The van der Waals surface area contributed by atoms with Crippen molar-refractivity contribution in [3.63, 3.8) is 0 Å². The molecule has 0 spiro atoms. The van der Waals surface area contributed by atoms with Crippen molar-refractivity contribution in [2.75, 3.05) is 0 Å². The molecule has 0 saturated heterocycles. The van der Waals surface area contributed by atoms with Crippen molar-refractivity contribution in [2.24, 2.45) is 0 Å². The molecular formula is C16H19ClO3Si. The van der Waals surface area contributed by atoms with E-state index in [9.17, 15) is 4.79 Å². The van der Waals surface area contributed by atoms with E-state index in [-0.39, 0.29) is 5.76 Å². The number of furan rings is 1. The lowest BCUT2D eigenvalue weighted by Gasteiger charge is -2.36. The second-order valence-corrected chi connectivity index (χ2v) is 11.0. The first-order chi connectivity index (χ1) is 9.74. The Bertz CT molecular complexity index is 645. The molecule has 112 valence electrons. The molecule has 5 heteroatoms. The van der Waals surface area contributed by atoms with E-state index in [0.29, 0.717) is 11.3 Å². The van der Waals surface area contributed by atoms with Crippen LogP contribution in [0.25, 0.3) is 0 Å². The molecule has 1 heterocycles. The fourth-order valence-corrected chi connectivity index (χ4v) is 4.00. The second-order valence-electron chi connectivity index (χ2n) is 6.11. The summed E-state index contributed by atoms with van der Waals surface area (Å²) in [4.78, 5) is 10.9. The Morgan fingerprint density at radius 3 is 2.48 bits per heavy atom. The van der Waals surface area contributed by atoms with Crippen LogP contribution in [0.5, 0.6) is 0 Å². The molecule has 0 fully saturated rings. The van der Waals surface area contributed by atoms with Gasteiger partial charge in [0.2, 0.25) is 0 Å². The summed E-state index contributed by atoms with van der Waals surface area (Å²) in [6.45, 7) is 8.35. The molecule has 2 aromatic rings. The van der Waals surface area contributed by atoms with Crippen molar-refractivity contribution in [1.29, 1.82) is 0 Å². The van der Waals surface area contributed by atoms with Crippen LogP contribution in [0.15, 0.2) is 41.0 Å². The van der Waals surface area contributed by atoms with E-state index < -0.39 is 13.9 Å². The van der Waals surface area contributed by atoms with Crippen LogP contribution in [0.2, 0.25) is 24.7 Å². The van der Waals surface area contributed by atoms with Gasteiger partial charge in [0, 0.05) is 10.6 Å². The highest BCUT2D eigenvalue weighted by Gasteiger charge is 2.36. The van der Waals surface area contributed by atoms with Gasteiger partial charge < -0.3 is 8.84 Å². The van der Waals surface area contributed by atoms with Crippen molar-refractivity contribution in [3.8, 4) is 0 Å². The predicted molar refractivity (Wildman–Crippen MR) is 86.4 cm³/mol. The Morgan fingerprint density at radius 1 is 1.24 bits per heavy atom. The molecule has 1 aromatic carbocycles. The Labute approximate surface area is 131 Å². The van der Waals surface area contributed by atoms with Crippen LogP contribution in [0, 0.1) is 0 Å². The minimum atomic E-state index is -1.85. The lowest BCUT2D eigenvalue weighted by Crippen LogP contribution is -2.39. The summed E-state index contributed by atoms with van der Waals surface area (Å²) in [5.74, 6) is 0.289. The third-order valence-corrected chi connectivity index (χ3v) is 4.43. The number of hydrogen-bond acceptors (Lipinski definition) is 3. The molecule has 0 amide bonds. The van der Waals surface area contributed by atoms with Gasteiger partial charge in [-0.25, -0.2) is 0 Å². The maximum Gasteiger partial charge on any atom is 0.185 e. The zero-order chi connectivity index (χ0) is 15.7. The van der Waals surface area contributed by atoms with Gasteiger partial charge in [0.1, 0.15) is 5.60 Å². The SMILES string of the molecule is CC(O[Si](C)(C)C)(c1cccc(Cl)c1)c1coc(C=O)c1. The van der Waals surface area contributed by atoms with Crippen LogP contribution in [-0.4, -0.2) is 14.6 Å². The van der Waals surface area contributed by atoms with E-state index in [1.807, 2.05) is 31.2 Å². The van der Waals surface area contributed by atoms with Crippen LogP contribution in [0.4, 0.5) is 0 Å². The smallest absolute Gasteiger partial charge is 0.185 e. The highest BCUT2D eigenvalue weighted by Crippen LogP contribution is 2.37. The van der Waals surface area contributed by atoms with Gasteiger partial charge in [-0.05, 0) is 50.3 Å². The van der Waals surface area contributed by atoms with Crippen molar-refractivity contribution in [2.45, 2.75) is 32.2 Å². The molecule has 3 nitrogen and oxygen atoms in total. The summed E-state index contributed by atoms with van der Waals surface area (Å²) in [6.07, 6.45) is 2.27. The summed E-state index contributed by atoms with van der Waals surface area (Å²) in [5, 5.41) is 0.650. The number of carbonyl (C=O) groups excluding carboxylic acids is 1. The number of rotatable bonds is 5. The fourth-order valence-electron chi connectivity index (χ4n) is 2.35. The zero-order valence-electron chi connectivity index (χ0n) is 12.6. The zero-order valence-corrected chi connectivity index (χ0v) is 14.4. The van der Waals surface area contributed by atoms with Crippen molar-refractivity contribution < 1.29 is 13.6 Å². The summed E-state index contributed by atoms with van der Waals surface area (Å²) < 4.78 is 11.7. The number of benzene rings is 1. The monoisotopic (exact) mass is 322 g/mol. The molecule has 0 saturated carbocycles. The van der Waals surface area contributed by atoms with Gasteiger partial charge in [-0.15, -0.1) is 0 Å². The maximum atomic E-state index is 10.9. The van der Waals surface area contributed by atoms with Crippen molar-refractivity contribution in [3.05, 3.63) is 58.5 Å². The minimum absolute atomic E-state index is 0.289. The third kappa shape index (κ3) is 3.64. The molecule has 0 aliphatic heterocycles. The van der Waals surface area contributed by atoms with Crippen LogP contribution >= 0.6 is 11.6 Å². The fraction of sp³-hybridized carbons (Fsp3) is 0.312. The molecule has 1 atom stereocenters. The first-order valence-electron chi connectivity index (χ1n) is 6.75. The second kappa shape index (κ2) is 5.79. The minimum Gasteiger partial charge on any atom is -0.461 e. The summed E-state index contributed by atoms with van der Waals surface area (Å²) >= 11 is 6.12. The number of halogens is 1. The first kappa shape index (κ1) is 16.0. The Morgan fingerprint density at radius 2 is 1.95 bits per heavy atom. The molecule has 0 radical (unpaired) electrons. The van der Waals surface area contributed by atoms with Crippen LogP contribution < -0.4 is 0 Å². The van der Waals surface area contributed by atoms with Crippen molar-refractivity contribution >= 4 is 26.2 Å². The van der Waals surface area contributed by atoms with Crippen LogP contribution in [0.3, 0.4) is 0 Å². The standard InChI is InChI=1S/C16H19ClO3Si/c1-16(20-21(2,3)4,12-6-5-7-14(17)8-12)13-9-15(10-18)19-11-13/h5-11H,1-4H3. The van der Waals surface area contributed by atoms with E-state index in [1.54, 1.807) is 12.3 Å². The number of carbonyl (C=O) groups is 1. The average molecular weight is 323 g/mol. The first-order valence-corrected chi connectivity index (χ1v) is 10.5. The lowest BCUT2D eigenvalue weighted by molar-refractivity contribution is 0.110. The molecule has 1 aromatic heterocycles. The highest BCUT2D eigenvalue weighted by atomic mass is 35.5. The molecule has 0 aliphatic rings. The van der Waals surface area contributed by atoms with Gasteiger partial charge in [0.15, 0.2) is 20.4 Å². The van der Waals surface area contributed by atoms with Gasteiger partial charge >= 0.3 is 0 Å². The van der Waals surface area contributed by atoms with Gasteiger partial charge in [-0.2, -0.15) is 0 Å². The molecule has 0 aliphatic carbocycles. The van der Waals surface area contributed by atoms with Gasteiger partial charge in [0.25, 0.3) is 0 Å². The lowest BCUT2D eigenvalue weighted by atomic mass is 9.90. The maximum absolute atomic E-state index is 10.9. The van der Waals surface area contributed by atoms with Gasteiger partial charge in [-0.3, -0.25) is 4.79 Å². The Balaban J connectivity index is 2.55. The highest BCUT2D eigenvalue weighted by molar-refractivity contribution is 6.69. The largest absolute Gasteiger partial charge is 0.461 e. The van der Waals surface area contributed by atoms with Crippen LogP contribution in [-0.2, 0) is 10.0 Å². The van der Waals surface area contributed by atoms with E-state index in [2.05, 4.69) is 19.6 Å². The predicted octanol–water partition coefficient (Wildman–Crippen LogP) is 4.86. The topological polar surface area (TPSA) is 39.4 Å². The average Bonchev–Trinajstić information content (AvgIpc) is 2.86. The van der Waals surface area contributed by atoms with E-state index in [0.717, 1.165) is 11.1 Å². The molecule has 0 N–H and O–H groups in total. The number of hydrogen-bond donors (Lipinski definition) is 0. The molecule has 21 heavy (non-hydrogen) atoms. The molecule has 2 rings (SSSR count). The molecular weight excluding hydrogens is 304 g/mol.